The van der Waals surface area contributed by atoms with Crippen molar-refractivity contribution < 1.29 is 9.94 Å². The van der Waals surface area contributed by atoms with Gasteiger partial charge in [-0.05, 0) is 24.6 Å². The fourth-order valence-corrected chi connectivity index (χ4v) is 1.11. The van der Waals surface area contributed by atoms with E-state index in [0.717, 1.165) is 11.3 Å². The van der Waals surface area contributed by atoms with Gasteiger partial charge >= 0.3 is 0 Å². The molecule has 70 valence electrons. The van der Waals surface area contributed by atoms with E-state index in [1.54, 1.807) is 14.0 Å². The average molecular weight is 179 g/mol. The van der Waals surface area contributed by atoms with Crippen LogP contribution in [-0.2, 0) is 6.42 Å². The maximum atomic E-state index is 8.48. The molecule has 0 aliphatic carbocycles. The smallest absolute Gasteiger partial charge is 0.119 e. The van der Waals surface area contributed by atoms with Crippen molar-refractivity contribution in [2.24, 2.45) is 5.16 Å². The van der Waals surface area contributed by atoms with Gasteiger partial charge in [-0.15, -0.1) is 0 Å². The summed E-state index contributed by atoms with van der Waals surface area (Å²) in [5.41, 5.74) is 1.77. The van der Waals surface area contributed by atoms with Crippen LogP contribution in [0.4, 0.5) is 0 Å². The molecule has 0 aliphatic rings. The molecule has 3 heteroatoms. The number of nitrogens with zero attached hydrogens (tertiary/aromatic N) is 1. The van der Waals surface area contributed by atoms with Crippen molar-refractivity contribution in [3.8, 4) is 5.75 Å². The predicted molar refractivity (Wildman–Crippen MR) is 51.6 cm³/mol. The normalized spacial score (nSPS) is 11.4. The van der Waals surface area contributed by atoms with Crippen LogP contribution in [0.5, 0.6) is 5.75 Å². The molecule has 3 nitrogen and oxygen atoms in total. The molecule has 0 bridgehead atoms. The number of hydrogen-bond acceptors (Lipinski definition) is 3. The SMILES string of the molecule is COc1cccc(C/C(C)=N\O)c1. The molecule has 1 aromatic carbocycles. The molecule has 0 spiro atoms. The first kappa shape index (κ1) is 9.58. The van der Waals surface area contributed by atoms with Crippen LogP contribution in [0, 0.1) is 0 Å². The third kappa shape index (κ3) is 2.78. The average Bonchev–Trinajstić information content (AvgIpc) is 2.18. The van der Waals surface area contributed by atoms with Gasteiger partial charge in [-0.25, -0.2) is 0 Å². The minimum Gasteiger partial charge on any atom is -0.497 e. The molecule has 13 heavy (non-hydrogen) atoms. The quantitative estimate of drug-likeness (QED) is 0.438. The van der Waals surface area contributed by atoms with E-state index < -0.39 is 0 Å². The van der Waals surface area contributed by atoms with Gasteiger partial charge in [-0.1, -0.05) is 17.3 Å². The van der Waals surface area contributed by atoms with Crippen LogP contribution < -0.4 is 4.74 Å². The molecule has 0 heterocycles. The first-order valence-electron chi connectivity index (χ1n) is 4.06. The second kappa shape index (κ2) is 4.50. The molecule has 0 radical (unpaired) electrons. The standard InChI is InChI=1S/C10H13NO2/c1-8(11-12)6-9-4-3-5-10(7-9)13-2/h3-5,7,12H,6H2,1-2H3/b11-8-. The van der Waals surface area contributed by atoms with E-state index in [4.69, 9.17) is 9.94 Å². The zero-order valence-electron chi connectivity index (χ0n) is 7.82. The van der Waals surface area contributed by atoms with Crippen molar-refractivity contribution in [3.63, 3.8) is 0 Å². The molecular formula is C10H13NO2. The lowest BCUT2D eigenvalue weighted by Crippen LogP contribution is -1.97. The summed E-state index contributed by atoms with van der Waals surface area (Å²) in [5, 5.41) is 11.6. The Bertz CT molecular complexity index is 308. The minimum atomic E-state index is 0.647. The molecule has 0 amide bonds. The second-order valence-electron chi connectivity index (χ2n) is 2.86. The topological polar surface area (TPSA) is 41.8 Å². The number of oxime groups is 1. The third-order valence-electron chi connectivity index (χ3n) is 1.76. The van der Waals surface area contributed by atoms with Gasteiger partial charge in [-0.2, -0.15) is 0 Å². The summed E-state index contributed by atoms with van der Waals surface area (Å²) in [6, 6.07) is 7.69. The van der Waals surface area contributed by atoms with Crippen molar-refractivity contribution in [2.75, 3.05) is 7.11 Å². The second-order valence-corrected chi connectivity index (χ2v) is 2.86. The Hall–Kier alpha value is -1.51. The van der Waals surface area contributed by atoms with Crippen LogP contribution in [-0.4, -0.2) is 18.0 Å². The summed E-state index contributed by atoms with van der Waals surface area (Å²) in [6.07, 6.45) is 0.647. The van der Waals surface area contributed by atoms with Gasteiger partial charge < -0.3 is 9.94 Å². The first-order valence-corrected chi connectivity index (χ1v) is 4.06. The van der Waals surface area contributed by atoms with Gasteiger partial charge in [0.1, 0.15) is 5.75 Å². The van der Waals surface area contributed by atoms with Gasteiger partial charge in [0.15, 0.2) is 0 Å². The van der Waals surface area contributed by atoms with Gasteiger partial charge in [0.25, 0.3) is 0 Å². The van der Waals surface area contributed by atoms with Crippen LogP contribution in [0.2, 0.25) is 0 Å². The van der Waals surface area contributed by atoms with E-state index in [9.17, 15) is 0 Å². The molecule has 0 fully saturated rings. The fraction of sp³-hybridized carbons (Fsp3) is 0.300. The fourth-order valence-electron chi connectivity index (χ4n) is 1.11. The molecule has 0 aromatic heterocycles. The molecule has 0 saturated carbocycles. The largest absolute Gasteiger partial charge is 0.497 e. The van der Waals surface area contributed by atoms with E-state index in [1.807, 2.05) is 24.3 Å². The Morgan fingerprint density at radius 3 is 2.92 bits per heavy atom. The predicted octanol–water partition coefficient (Wildman–Crippen LogP) is 2.09. The highest BCUT2D eigenvalue weighted by Gasteiger charge is 1.97. The Morgan fingerprint density at radius 2 is 2.31 bits per heavy atom. The van der Waals surface area contributed by atoms with E-state index in [0.29, 0.717) is 12.1 Å². The van der Waals surface area contributed by atoms with Crippen molar-refractivity contribution in [2.45, 2.75) is 13.3 Å². The maximum absolute atomic E-state index is 8.48. The van der Waals surface area contributed by atoms with Crippen molar-refractivity contribution in [3.05, 3.63) is 29.8 Å². The molecule has 1 rings (SSSR count). The van der Waals surface area contributed by atoms with Crippen molar-refractivity contribution >= 4 is 5.71 Å². The Labute approximate surface area is 77.6 Å². The zero-order valence-corrected chi connectivity index (χ0v) is 7.82. The van der Waals surface area contributed by atoms with Crippen LogP contribution >= 0.6 is 0 Å². The van der Waals surface area contributed by atoms with Gasteiger partial charge in [-0.3, -0.25) is 0 Å². The summed E-state index contributed by atoms with van der Waals surface area (Å²) in [5.74, 6) is 0.822. The van der Waals surface area contributed by atoms with Crippen LogP contribution in [0.25, 0.3) is 0 Å². The summed E-state index contributed by atoms with van der Waals surface area (Å²) < 4.78 is 5.07. The molecule has 0 unspecified atom stereocenters. The third-order valence-corrected chi connectivity index (χ3v) is 1.76. The number of rotatable bonds is 3. The van der Waals surface area contributed by atoms with Gasteiger partial charge in [0.05, 0.1) is 12.8 Å². The number of hydrogen-bond donors (Lipinski definition) is 1. The number of ether oxygens (including phenoxy) is 1. The minimum absolute atomic E-state index is 0.647. The van der Waals surface area contributed by atoms with Crippen LogP contribution in [0.1, 0.15) is 12.5 Å². The Kier molecular flexibility index (Phi) is 3.31. The summed E-state index contributed by atoms with van der Waals surface area (Å²) in [7, 11) is 1.63. The summed E-state index contributed by atoms with van der Waals surface area (Å²) in [4.78, 5) is 0. The van der Waals surface area contributed by atoms with Crippen molar-refractivity contribution in [1.29, 1.82) is 0 Å². The molecule has 0 aliphatic heterocycles. The molecule has 0 saturated heterocycles. The Morgan fingerprint density at radius 1 is 1.54 bits per heavy atom. The Balaban J connectivity index is 2.77. The lowest BCUT2D eigenvalue weighted by Gasteiger charge is -2.02. The highest BCUT2D eigenvalue weighted by Crippen LogP contribution is 2.13. The lowest BCUT2D eigenvalue weighted by molar-refractivity contribution is 0.317. The van der Waals surface area contributed by atoms with E-state index in [1.165, 1.54) is 0 Å². The van der Waals surface area contributed by atoms with E-state index >= 15 is 0 Å². The lowest BCUT2D eigenvalue weighted by atomic mass is 10.1. The molecule has 1 aromatic rings. The number of methoxy groups -OCH3 is 1. The highest BCUT2D eigenvalue weighted by molar-refractivity contribution is 5.83. The first-order chi connectivity index (χ1) is 6.26. The van der Waals surface area contributed by atoms with Gasteiger partial charge in [0, 0.05) is 6.42 Å². The molecular weight excluding hydrogens is 166 g/mol. The van der Waals surface area contributed by atoms with Gasteiger partial charge in [0.2, 0.25) is 0 Å². The van der Waals surface area contributed by atoms with Crippen LogP contribution in [0.3, 0.4) is 0 Å². The van der Waals surface area contributed by atoms with Crippen molar-refractivity contribution in [1.82, 2.24) is 0 Å². The number of benzene rings is 1. The molecule has 0 atom stereocenters. The zero-order chi connectivity index (χ0) is 9.68. The summed E-state index contributed by atoms with van der Waals surface area (Å²) in [6.45, 7) is 1.78. The van der Waals surface area contributed by atoms with E-state index in [2.05, 4.69) is 5.16 Å². The summed E-state index contributed by atoms with van der Waals surface area (Å²) >= 11 is 0. The maximum Gasteiger partial charge on any atom is 0.119 e. The molecule has 1 N–H and O–H groups in total. The van der Waals surface area contributed by atoms with Crippen LogP contribution in [0.15, 0.2) is 29.4 Å². The van der Waals surface area contributed by atoms with E-state index in [-0.39, 0.29) is 0 Å². The monoisotopic (exact) mass is 179 g/mol. The highest BCUT2D eigenvalue weighted by atomic mass is 16.5.